The van der Waals surface area contributed by atoms with Crippen LogP contribution in [0.2, 0.25) is 0 Å². The van der Waals surface area contributed by atoms with E-state index in [4.69, 9.17) is 23.0 Å². The predicted molar refractivity (Wildman–Crippen MR) is 85.6 cm³/mol. The summed E-state index contributed by atoms with van der Waals surface area (Å²) >= 11 is 0. The van der Waals surface area contributed by atoms with Gasteiger partial charge in [-0.3, -0.25) is 9.05 Å². The number of hydrogen-bond acceptors (Lipinski definition) is 7. The molecule has 2 unspecified atom stereocenters. The Kier molecular flexibility index (Phi) is 6.47. The van der Waals surface area contributed by atoms with Crippen molar-refractivity contribution in [1.29, 1.82) is 0 Å². The Bertz CT molecular complexity index is 565. The van der Waals surface area contributed by atoms with Gasteiger partial charge in [-0.25, -0.2) is 4.57 Å². The molecule has 1 aromatic carbocycles. The second-order valence-electron chi connectivity index (χ2n) is 4.86. The molecule has 23 heavy (non-hydrogen) atoms. The molecule has 8 heteroatoms. The Hall–Kier alpha value is -1.53. The van der Waals surface area contributed by atoms with Gasteiger partial charge in [0.2, 0.25) is 0 Å². The Morgan fingerprint density at radius 3 is 3.00 bits per heavy atom. The normalized spacial score (nSPS) is 21.0. The summed E-state index contributed by atoms with van der Waals surface area (Å²) < 4.78 is 39.2. The summed E-state index contributed by atoms with van der Waals surface area (Å²) in [4.78, 5) is 0. The van der Waals surface area contributed by atoms with Gasteiger partial charge >= 0.3 is 7.82 Å². The standard InChI is InChI=1S/C15H22NO6P/c1-4-16-9-8-13(18-2)11-21-23(17)20-10-12-6-5-7-14(19-3)15(12)22-23/h4-7,13,16H,1,8-11H2,2-3H3. The van der Waals surface area contributed by atoms with Crippen molar-refractivity contribution >= 4 is 7.82 Å². The SMILES string of the molecule is C=CNCCC(COP1(=O)OCc2cccc(OC)c2O1)OC. The fraction of sp³-hybridized carbons (Fsp3) is 0.467. The van der Waals surface area contributed by atoms with Crippen molar-refractivity contribution in [2.75, 3.05) is 27.4 Å². The zero-order valence-electron chi connectivity index (χ0n) is 13.3. The number of benzene rings is 1. The smallest absolute Gasteiger partial charge is 0.493 e. The molecule has 0 bridgehead atoms. The molecule has 1 aliphatic heterocycles. The highest BCUT2D eigenvalue weighted by Crippen LogP contribution is 2.56. The lowest BCUT2D eigenvalue weighted by molar-refractivity contribution is 0.0330. The molecule has 0 spiro atoms. The van der Waals surface area contributed by atoms with Crippen LogP contribution in [-0.2, 0) is 25.0 Å². The number of phosphoric acid groups is 1. The van der Waals surface area contributed by atoms with Gasteiger partial charge in [0.1, 0.15) is 0 Å². The molecule has 128 valence electrons. The Morgan fingerprint density at radius 2 is 2.30 bits per heavy atom. The second kappa shape index (κ2) is 8.36. The lowest BCUT2D eigenvalue weighted by Gasteiger charge is -2.27. The summed E-state index contributed by atoms with van der Waals surface area (Å²) in [6, 6.07) is 5.36. The Balaban J connectivity index is 1.97. The number of methoxy groups -OCH3 is 2. The van der Waals surface area contributed by atoms with E-state index >= 15 is 0 Å². The molecule has 2 rings (SSSR count). The third-order valence-corrected chi connectivity index (χ3v) is 4.69. The van der Waals surface area contributed by atoms with E-state index < -0.39 is 7.82 Å². The lowest BCUT2D eigenvalue weighted by atomic mass is 10.2. The number of rotatable bonds is 9. The first-order chi connectivity index (χ1) is 11.1. The van der Waals surface area contributed by atoms with E-state index in [0.717, 1.165) is 5.56 Å². The molecule has 1 heterocycles. The molecular formula is C15H22NO6P. The third-order valence-electron chi connectivity index (χ3n) is 3.37. The van der Waals surface area contributed by atoms with Gasteiger partial charge in [0.15, 0.2) is 11.5 Å². The maximum Gasteiger partial charge on any atom is 0.530 e. The van der Waals surface area contributed by atoms with Crippen LogP contribution in [0.5, 0.6) is 11.5 Å². The van der Waals surface area contributed by atoms with Crippen LogP contribution in [0.4, 0.5) is 0 Å². The largest absolute Gasteiger partial charge is 0.530 e. The van der Waals surface area contributed by atoms with Crippen LogP contribution >= 0.6 is 7.82 Å². The molecule has 7 nitrogen and oxygen atoms in total. The van der Waals surface area contributed by atoms with E-state index in [2.05, 4.69) is 11.9 Å². The average molecular weight is 343 g/mol. The number of nitrogens with one attached hydrogen (secondary N) is 1. The predicted octanol–water partition coefficient (Wildman–Crippen LogP) is 2.87. The minimum absolute atomic E-state index is 0.0943. The van der Waals surface area contributed by atoms with Crippen molar-refractivity contribution in [3.63, 3.8) is 0 Å². The molecular weight excluding hydrogens is 321 g/mol. The minimum atomic E-state index is -3.69. The fourth-order valence-corrected chi connectivity index (χ4v) is 3.34. The van der Waals surface area contributed by atoms with Gasteiger partial charge in [0, 0.05) is 19.2 Å². The Labute approximate surface area is 136 Å². The molecule has 2 atom stereocenters. The number of fused-ring (bicyclic) bond motifs is 1. The van der Waals surface area contributed by atoms with Crippen molar-refractivity contribution < 1.29 is 27.6 Å². The third kappa shape index (κ3) is 4.72. The number of phosphoric ester groups is 1. The zero-order chi connectivity index (χ0) is 16.7. The number of hydrogen-bond donors (Lipinski definition) is 1. The summed E-state index contributed by atoms with van der Waals surface area (Å²) in [5.41, 5.74) is 0.762. The summed E-state index contributed by atoms with van der Waals surface area (Å²) in [6.45, 7) is 4.48. The van der Waals surface area contributed by atoms with Gasteiger partial charge in [-0.15, -0.1) is 0 Å². The van der Waals surface area contributed by atoms with Crippen molar-refractivity contribution in [3.8, 4) is 11.5 Å². The quantitative estimate of drug-likeness (QED) is 0.546. The fourth-order valence-electron chi connectivity index (χ4n) is 2.08. The maximum atomic E-state index is 12.6. The lowest BCUT2D eigenvalue weighted by Crippen LogP contribution is -2.24. The molecule has 1 N–H and O–H groups in total. The van der Waals surface area contributed by atoms with Crippen LogP contribution in [-0.4, -0.2) is 33.5 Å². The molecule has 0 amide bonds. The van der Waals surface area contributed by atoms with E-state index in [0.29, 0.717) is 24.5 Å². The van der Waals surface area contributed by atoms with Crippen LogP contribution < -0.4 is 14.6 Å². The van der Waals surface area contributed by atoms with Crippen LogP contribution in [0.25, 0.3) is 0 Å². The van der Waals surface area contributed by atoms with E-state index in [9.17, 15) is 4.57 Å². The van der Waals surface area contributed by atoms with Crippen LogP contribution in [0, 0.1) is 0 Å². The van der Waals surface area contributed by atoms with Gasteiger partial charge in [-0.1, -0.05) is 18.7 Å². The molecule has 0 aliphatic carbocycles. The minimum Gasteiger partial charge on any atom is -0.493 e. The van der Waals surface area contributed by atoms with Gasteiger partial charge < -0.3 is 19.3 Å². The van der Waals surface area contributed by atoms with Crippen LogP contribution in [0.15, 0.2) is 31.0 Å². The average Bonchev–Trinajstić information content (AvgIpc) is 2.57. The summed E-state index contributed by atoms with van der Waals surface area (Å²) in [6.07, 6.45) is 2.04. The van der Waals surface area contributed by atoms with Crippen molar-refractivity contribution in [2.24, 2.45) is 0 Å². The Morgan fingerprint density at radius 1 is 1.48 bits per heavy atom. The van der Waals surface area contributed by atoms with Gasteiger partial charge in [0.05, 0.1) is 26.4 Å². The molecule has 1 aromatic rings. The molecule has 0 saturated carbocycles. The maximum absolute atomic E-state index is 12.6. The van der Waals surface area contributed by atoms with Crippen molar-refractivity contribution in [2.45, 2.75) is 19.1 Å². The van der Waals surface area contributed by atoms with Crippen molar-refractivity contribution in [3.05, 3.63) is 36.5 Å². The topological polar surface area (TPSA) is 75.3 Å². The molecule has 0 radical (unpaired) electrons. The molecule has 1 aliphatic rings. The highest BCUT2D eigenvalue weighted by atomic mass is 31.2. The summed E-state index contributed by atoms with van der Waals surface area (Å²) in [5.74, 6) is 0.889. The van der Waals surface area contributed by atoms with Gasteiger partial charge in [-0.2, -0.15) is 0 Å². The summed E-state index contributed by atoms with van der Waals surface area (Å²) in [5, 5.41) is 2.97. The molecule has 0 aromatic heterocycles. The van der Waals surface area contributed by atoms with Gasteiger partial charge in [0.25, 0.3) is 0 Å². The zero-order valence-corrected chi connectivity index (χ0v) is 14.2. The molecule has 0 fully saturated rings. The number of para-hydroxylation sites is 1. The van der Waals surface area contributed by atoms with Crippen LogP contribution in [0.3, 0.4) is 0 Å². The van der Waals surface area contributed by atoms with Crippen LogP contribution in [0.1, 0.15) is 12.0 Å². The van der Waals surface area contributed by atoms with E-state index in [1.807, 2.05) is 12.1 Å². The van der Waals surface area contributed by atoms with E-state index in [1.165, 1.54) is 7.11 Å². The van der Waals surface area contributed by atoms with E-state index in [-0.39, 0.29) is 19.3 Å². The summed E-state index contributed by atoms with van der Waals surface area (Å²) in [7, 11) is -0.603. The molecule has 0 saturated heterocycles. The second-order valence-corrected chi connectivity index (χ2v) is 6.45. The monoisotopic (exact) mass is 343 g/mol. The van der Waals surface area contributed by atoms with Gasteiger partial charge in [-0.05, 0) is 18.7 Å². The highest BCUT2D eigenvalue weighted by molar-refractivity contribution is 7.49. The first kappa shape index (κ1) is 17.8. The first-order valence-electron chi connectivity index (χ1n) is 7.23. The van der Waals surface area contributed by atoms with E-state index in [1.54, 1.807) is 19.4 Å². The van der Waals surface area contributed by atoms with Crippen molar-refractivity contribution in [1.82, 2.24) is 5.32 Å². The number of ether oxygens (including phenoxy) is 2. The highest BCUT2D eigenvalue weighted by Gasteiger charge is 2.36. The first-order valence-corrected chi connectivity index (χ1v) is 8.69.